The molecule has 0 aliphatic heterocycles. The van der Waals surface area contributed by atoms with Crippen LogP contribution in [0.5, 0.6) is 0 Å². The van der Waals surface area contributed by atoms with Crippen molar-refractivity contribution in [2.24, 2.45) is 5.73 Å². The van der Waals surface area contributed by atoms with Crippen LogP contribution in [0.15, 0.2) is 24.3 Å². The van der Waals surface area contributed by atoms with Gasteiger partial charge in [0, 0.05) is 19.0 Å². The summed E-state index contributed by atoms with van der Waals surface area (Å²) in [5.74, 6) is 0.126. The maximum absolute atomic E-state index is 11.6. The Kier molecular flexibility index (Phi) is 6.44. The molecule has 0 spiro atoms. The van der Waals surface area contributed by atoms with Gasteiger partial charge in [-0.15, -0.1) is 0 Å². The van der Waals surface area contributed by atoms with Crippen molar-refractivity contribution in [2.75, 3.05) is 6.54 Å². The van der Waals surface area contributed by atoms with Crippen LogP contribution in [0, 0.1) is 6.92 Å². The lowest BCUT2D eigenvalue weighted by Gasteiger charge is -2.07. The number of nitrogens with one attached hydrogen (secondary N) is 1. The molecule has 3 N–H and O–H groups in total. The summed E-state index contributed by atoms with van der Waals surface area (Å²) in [6, 6.07) is 8.51. The standard InChI is InChI=1S/C15H24N2O/c1-12-5-3-7-14(11-12)8-9-15(18)17-10-4-6-13(2)16/h3,5,7,11,13H,4,6,8-10,16H2,1-2H3,(H,17,18). The number of hydrogen-bond donors (Lipinski definition) is 2. The zero-order valence-electron chi connectivity index (χ0n) is 11.4. The highest BCUT2D eigenvalue weighted by Gasteiger charge is 2.02. The largest absolute Gasteiger partial charge is 0.356 e. The van der Waals surface area contributed by atoms with Crippen molar-refractivity contribution < 1.29 is 4.79 Å². The molecule has 1 rings (SSSR count). The topological polar surface area (TPSA) is 55.1 Å². The Hall–Kier alpha value is -1.35. The summed E-state index contributed by atoms with van der Waals surface area (Å²) < 4.78 is 0. The highest BCUT2D eigenvalue weighted by molar-refractivity contribution is 5.76. The van der Waals surface area contributed by atoms with Gasteiger partial charge in [0.2, 0.25) is 5.91 Å². The second-order valence-corrected chi connectivity index (χ2v) is 4.96. The van der Waals surface area contributed by atoms with Gasteiger partial charge in [0.15, 0.2) is 0 Å². The van der Waals surface area contributed by atoms with Gasteiger partial charge in [-0.05, 0) is 38.7 Å². The minimum Gasteiger partial charge on any atom is -0.356 e. The second kappa shape index (κ2) is 7.88. The molecule has 0 bridgehead atoms. The Labute approximate surface area is 110 Å². The zero-order valence-corrected chi connectivity index (χ0v) is 11.4. The Morgan fingerprint density at radius 3 is 2.89 bits per heavy atom. The lowest BCUT2D eigenvalue weighted by molar-refractivity contribution is -0.121. The van der Waals surface area contributed by atoms with Gasteiger partial charge in [0.1, 0.15) is 0 Å². The quantitative estimate of drug-likeness (QED) is 0.727. The van der Waals surface area contributed by atoms with Gasteiger partial charge in [0.05, 0.1) is 0 Å². The Bertz CT molecular complexity index is 375. The summed E-state index contributed by atoms with van der Waals surface area (Å²) in [4.78, 5) is 11.6. The summed E-state index contributed by atoms with van der Waals surface area (Å²) in [6.07, 6.45) is 3.27. The molecule has 0 saturated heterocycles. The fourth-order valence-corrected chi connectivity index (χ4v) is 1.87. The molecule has 1 aromatic carbocycles. The first-order valence-corrected chi connectivity index (χ1v) is 6.66. The molecule has 1 amide bonds. The average molecular weight is 248 g/mol. The van der Waals surface area contributed by atoms with Gasteiger partial charge in [0.25, 0.3) is 0 Å². The molecule has 0 fully saturated rings. The van der Waals surface area contributed by atoms with Crippen LogP contribution in [0.25, 0.3) is 0 Å². The van der Waals surface area contributed by atoms with E-state index in [0.29, 0.717) is 6.42 Å². The Morgan fingerprint density at radius 1 is 1.44 bits per heavy atom. The first-order valence-electron chi connectivity index (χ1n) is 6.66. The number of benzene rings is 1. The van der Waals surface area contributed by atoms with Crippen LogP contribution in [0.2, 0.25) is 0 Å². The Morgan fingerprint density at radius 2 is 2.22 bits per heavy atom. The van der Waals surface area contributed by atoms with Crippen LogP contribution >= 0.6 is 0 Å². The maximum Gasteiger partial charge on any atom is 0.220 e. The number of rotatable bonds is 7. The lowest BCUT2D eigenvalue weighted by atomic mass is 10.1. The summed E-state index contributed by atoms with van der Waals surface area (Å²) in [6.45, 7) is 4.78. The molecule has 1 atom stereocenters. The van der Waals surface area contributed by atoms with Crippen LogP contribution in [-0.2, 0) is 11.2 Å². The summed E-state index contributed by atoms with van der Waals surface area (Å²) in [7, 11) is 0. The van der Waals surface area contributed by atoms with Crippen molar-refractivity contribution >= 4 is 5.91 Å². The predicted octanol–water partition coefficient (Wildman–Crippen LogP) is 2.17. The van der Waals surface area contributed by atoms with Crippen molar-refractivity contribution in [3.8, 4) is 0 Å². The first kappa shape index (κ1) is 14.7. The van der Waals surface area contributed by atoms with Crippen molar-refractivity contribution in [3.05, 3.63) is 35.4 Å². The molecule has 18 heavy (non-hydrogen) atoms. The molecule has 0 aliphatic carbocycles. The number of nitrogens with two attached hydrogens (primary N) is 1. The number of amides is 1. The molecular formula is C15H24N2O. The smallest absolute Gasteiger partial charge is 0.220 e. The van der Waals surface area contributed by atoms with Crippen LogP contribution in [0.3, 0.4) is 0 Å². The van der Waals surface area contributed by atoms with E-state index in [9.17, 15) is 4.79 Å². The molecule has 0 aliphatic rings. The monoisotopic (exact) mass is 248 g/mol. The van der Waals surface area contributed by atoms with Gasteiger partial charge in [-0.25, -0.2) is 0 Å². The fourth-order valence-electron chi connectivity index (χ4n) is 1.87. The molecule has 1 aromatic rings. The number of hydrogen-bond acceptors (Lipinski definition) is 2. The highest BCUT2D eigenvalue weighted by Crippen LogP contribution is 2.06. The lowest BCUT2D eigenvalue weighted by Crippen LogP contribution is -2.26. The number of aryl methyl sites for hydroxylation is 2. The highest BCUT2D eigenvalue weighted by atomic mass is 16.1. The van der Waals surface area contributed by atoms with Gasteiger partial charge in [-0.1, -0.05) is 29.8 Å². The van der Waals surface area contributed by atoms with Crippen LogP contribution < -0.4 is 11.1 Å². The van der Waals surface area contributed by atoms with Crippen molar-refractivity contribution in [1.82, 2.24) is 5.32 Å². The third-order valence-corrected chi connectivity index (χ3v) is 2.88. The average Bonchev–Trinajstić information content (AvgIpc) is 2.32. The van der Waals surface area contributed by atoms with Crippen molar-refractivity contribution in [2.45, 2.75) is 45.6 Å². The third kappa shape index (κ3) is 6.40. The molecule has 100 valence electrons. The third-order valence-electron chi connectivity index (χ3n) is 2.88. The number of carbonyl (C=O) groups excluding carboxylic acids is 1. The summed E-state index contributed by atoms with van der Waals surface area (Å²) in [5, 5.41) is 2.93. The fraction of sp³-hybridized carbons (Fsp3) is 0.533. The van der Waals surface area contributed by atoms with E-state index >= 15 is 0 Å². The van der Waals surface area contributed by atoms with E-state index in [1.54, 1.807) is 0 Å². The van der Waals surface area contributed by atoms with E-state index in [1.807, 2.05) is 13.0 Å². The van der Waals surface area contributed by atoms with E-state index in [1.165, 1.54) is 11.1 Å². The maximum atomic E-state index is 11.6. The van der Waals surface area contributed by atoms with Crippen LogP contribution in [0.4, 0.5) is 0 Å². The van der Waals surface area contributed by atoms with Gasteiger partial charge in [-0.3, -0.25) is 4.79 Å². The molecule has 0 heterocycles. The normalized spacial score (nSPS) is 12.2. The SMILES string of the molecule is Cc1cccc(CCC(=O)NCCCC(C)N)c1. The van der Waals surface area contributed by atoms with Crippen LogP contribution in [-0.4, -0.2) is 18.5 Å². The second-order valence-electron chi connectivity index (χ2n) is 4.96. The molecule has 3 heteroatoms. The first-order chi connectivity index (χ1) is 8.58. The van der Waals surface area contributed by atoms with Crippen molar-refractivity contribution in [3.63, 3.8) is 0 Å². The predicted molar refractivity (Wildman–Crippen MR) is 75.4 cm³/mol. The van der Waals surface area contributed by atoms with E-state index in [-0.39, 0.29) is 11.9 Å². The molecule has 0 aromatic heterocycles. The zero-order chi connectivity index (χ0) is 13.4. The van der Waals surface area contributed by atoms with E-state index < -0.39 is 0 Å². The van der Waals surface area contributed by atoms with Crippen LogP contribution in [0.1, 0.15) is 37.3 Å². The summed E-state index contributed by atoms with van der Waals surface area (Å²) >= 11 is 0. The number of carbonyl (C=O) groups is 1. The van der Waals surface area contributed by atoms with Gasteiger partial charge < -0.3 is 11.1 Å². The van der Waals surface area contributed by atoms with E-state index in [4.69, 9.17) is 5.73 Å². The van der Waals surface area contributed by atoms with E-state index in [0.717, 1.165) is 25.8 Å². The molecule has 0 radical (unpaired) electrons. The van der Waals surface area contributed by atoms with E-state index in [2.05, 4.69) is 30.4 Å². The minimum atomic E-state index is 0.126. The summed E-state index contributed by atoms with van der Waals surface area (Å²) in [5.41, 5.74) is 8.11. The van der Waals surface area contributed by atoms with Crippen molar-refractivity contribution in [1.29, 1.82) is 0 Å². The molecule has 1 unspecified atom stereocenters. The van der Waals surface area contributed by atoms with Gasteiger partial charge in [-0.2, -0.15) is 0 Å². The minimum absolute atomic E-state index is 0.126. The molecule has 0 saturated carbocycles. The van der Waals surface area contributed by atoms with Gasteiger partial charge >= 0.3 is 0 Å². The Balaban J connectivity index is 2.17. The molecule has 3 nitrogen and oxygen atoms in total. The molecular weight excluding hydrogens is 224 g/mol.